The molecule has 1 saturated carbocycles. The molecular weight excluding hydrogens is 222 g/mol. The highest BCUT2D eigenvalue weighted by atomic mass is 16.5. The molecule has 0 radical (unpaired) electrons. The zero-order valence-electron chi connectivity index (χ0n) is 11.9. The fraction of sp³-hybridized carbons (Fsp3) is 1.00. The largest absolute Gasteiger partial charge is 0.375 e. The van der Waals surface area contributed by atoms with Gasteiger partial charge < -0.3 is 10.1 Å². The maximum absolute atomic E-state index is 6.02. The number of hydrogen-bond acceptors (Lipinski definition) is 2. The first-order valence-electron chi connectivity index (χ1n) is 8.19. The van der Waals surface area contributed by atoms with Crippen molar-refractivity contribution in [1.82, 2.24) is 5.32 Å². The summed E-state index contributed by atoms with van der Waals surface area (Å²) in [6.45, 7) is 0. The summed E-state index contributed by atoms with van der Waals surface area (Å²) in [7, 11) is 2.15. The van der Waals surface area contributed by atoms with Gasteiger partial charge in [-0.15, -0.1) is 0 Å². The minimum Gasteiger partial charge on any atom is -0.375 e. The van der Waals surface area contributed by atoms with Crippen LogP contribution in [0.25, 0.3) is 0 Å². The number of hydrogen-bond donors (Lipinski definition) is 1. The van der Waals surface area contributed by atoms with E-state index in [0.717, 1.165) is 11.8 Å². The average Bonchev–Trinajstić information content (AvgIpc) is 3.03. The minimum atomic E-state index is 0.582. The Morgan fingerprint density at radius 2 is 1.94 bits per heavy atom. The third-order valence-corrected chi connectivity index (χ3v) is 5.65. The lowest BCUT2D eigenvalue weighted by Crippen LogP contribution is -2.39. The first-order chi connectivity index (χ1) is 8.86. The van der Waals surface area contributed by atoms with Crippen molar-refractivity contribution in [2.45, 2.75) is 82.5 Å². The van der Waals surface area contributed by atoms with E-state index >= 15 is 0 Å². The van der Waals surface area contributed by atoms with Gasteiger partial charge in [-0.2, -0.15) is 0 Å². The molecule has 18 heavy (non-hydrogen) atoms. The summed E-state index contributed by atoms with van der Waals surface area (Å²) in [5, 5.41) is 3.59. The van der Waals surface area contributed by atoms with Crippen LogP contribution in [-0.4, -0.2) is 25.3 Å². The van der Waals surface area contributed by atoms with Crippen molar-refractivity contribution in [2.24, 2.45) is 11.8 Å². The van der Waals surface area contributed by atoms with Crippen molar-refractivity contribution in [2.75, 3.05) is 7.05 Å². The molecule has 104 valence electrons. The van der Waals surface area contributed by atoms with Crippen LogP contribution in [0.5, 0.6) is 0 Å². The van der Waals surface area contributed by atoms with Gasteiger partial charge in [0.15, 0.2) is 0 Å². The van der Waals surface area contributed by atoms with Gasteiger partial charge in [-0.05, 0) is 45.1 Å². The molecule has 2 nitrogen and oxygen atoms in total. The molecule has 0 spiro atoms. The van der Waals surface area contributed by atoms with Crippen molar-refractivity contribution in [3.63, 3.8) is 0 Å². The number of nitrogens with one attached hydrogen (secondary N) is 1. The van der Waals surface area contributed by atoms with Crippen LogP contribution in [0.1, 0.15) is 64.2 Å². The molecule has 3 rings (SSSR count). The lowest BCUT2D eigenvalue weighted by molar-refractivity contribution is 0.0847. The van der Waals surface area contributed by atoms with Gasteiger partial charge >= 0.3 is 0 Å². The molecule has 1 aliphatic carbocycles. The van der Waals surface area contributed by atoms with E-state index in [-0.39, 0.29) is 0 Å². The van der Waals surface area contributed by atoms with Gasteiger partial charge in [0, 0.05) is 12.0 Å². The van der Waals surface area contributed by atoms with Gasteiger partial charge in [0.05, 0.1) is 12.2 Å². The third-order valence-electron chi connectivity index (χ3n) is 5.65. The molecule has 4 unspecified atom stereocenters. The SMILES string of the molecule is CNC(CCC1CCCCC1)C1CC2CCC1O2. The van der Waals surface area contributed by atoms with Gasteiger partial charge in [0.25, 0.3) is 0 Å². The van der Waals surface area contributed by atoms with E-state index in [2.05, 4.69) is 12.4 Å². The van der Waals surface area contributed by atoms with Gasteiger partial charge in [-0.25, -0.2) is 0 Å². The average molecular weight is 251 g/mol. The van der Waals surface area contributed by atoms with Crippen LogP contribution in [0.3, 0.4) is 0 Å². The van der Waals surface area contributed by atoms with Crippen LogP contribution in [0.2, 0.25) is 0 Å². The van der Waals surface area contributed by atoms with Crippen molar-refractivity contribution in [3.05, 3.63) is 0 Å². The molecule has 2 aliphatic heterocycles. The second kappa shape index (κ2) is 5.92. The van der Waals surface area contributed by atoms with Gasteiger partial charge in [0.2, 0.25) is 0 Å². The minimum absolute atomic E-state index is 0.582. The third kappa shape index (κ3) is 2.75. The van der Waals surface area contributed by atoms with Crippen LogP contribution in [0.4, 0.5) is 0 Å². The second-order valence-electron chi connectivity index (χ2n) is 6.75. The Bertz CT molecular complexity index is 262. The lowest BCUT2D eigenvalue weighted by Gasteiger charge is -2.30. The zero-order valence-corrected chi connectivity index (χ0v) is 11.9. The summed E-state index contributed by atoms with van der Waals surface area (Å²) in [4.78, 5) is 0. The molecule has 0 aromatic heterocycles. The molecule has 3 fully saturated rings. The Labute approximate surface area is 112 Å². The first kappa shape index (κ1) is 12.9. The Kier molecular flexibility index (Phi) is 4.25. The van der Waals surface area contributed by atoms with Crippen molar-refractivity contribution < 1.29 is 4.74 Å². The smallest absolute Gasteiger partial charge is 0.0623 e. The molecule has 2 bridgehead atoms. The summed E-state index contributed by atoms with van der Waals surface area (Å²) in [5.41, 5.74) is 0. The van der Waals surface area contributed by atoms with Crippen LogP contribution >= 0.6 is 0 Å². The van der Waals surface area contributed by atoms with E-state index < -0.39 is 0 Å². The highest BCUT2D eigenvalue weighted by Crippen LogP contribution is 2.41. The van der Waals surface area contributed by atoms with E-state index in [0.29, 0.717) is 18.2 Å². The van der Waals surface area contributed by atoms with Crippen LogP contribution in [-0.2, 0) is 4.74 Å². The standard InChI is InChI=1S/C16H29NO/c1-17-15(9-7-12-5-3-2-4-6-12)14-11-13-8-10-16(14)18-13/h12-17H,2-11H2,1H3. The van der Waals surface area contributed by atoms with Gasteiger partial charge in [-0.1, -0.05) is 32.1 Å². The van der Waals surface area contributed by atoms with Gasteiger partial charge in [-0.3, -0.25) is 0 Å². The van der Waals surface area contributed by atoms with E-state index in [1.807, 2.05) is 0 Å². The van der Waals surface area contributed by atoms with E-state index in [9.17, 15) is 0 Å². The molecule has 1 N–H and O–H groups in total. The molecule has 0 aromatic rings. The maximum atomic E-state index is 6.02. The summed E-state index contributed by atoms with van der Waals surface area (Å²) < 4.78 is 6.02. The molecule has 0 aromatic carbocycles. The second-order valence-corrected chi connectivity index (χ2v) is 6.75. The molecule has 2 heteroatoms. The fourth-order valence-corrected chi connectivity index (χ4v) is 4.56. The molecule has 2 heterocycles. The van der Waals surface area contributed by atoms with Crippen LogP contribution < -0.4 is 5.32 Å². The number of rotatable bonds is 5. The van der Waals surface area contributed by atoms with Crippen LogP contribution in [0.15, 0.2) is 0 Å². The summed E-state index contributed by atoms with van der Waals surface area (Å²) in [6.07, 6.45) is 15.4. The molecule has 3 aliphatic rings. The summed E-state index contributed by atoms with van der Waals surface area (Å²) in [5.74, 6) is 1.83. The number of fused-ring (bicyclic) bond motifs is 2. The summed E-state index contributed by atoms with van der Waals surface area (Å²) >= 11 is 0. The molecular formula is C16H29NO. The topological polar surface area (TPSA) is 21.3 Å². The highest BCUT2D eigenvalue weighted by molar-refractivity contribution is 4.95. The molecule has 4 atom stereocenters. The Morgan fingerprint density at radius 1 is 1.11 bits per heavy atom. The summed E-state index contributed by atoms with van der Waals surface area (Å²) in [6, 6.07) is 0.710. The number of ether oxygens (including phenoxy) is 1. The van der Waals surface area contributed by atoms with E-state index in [1.54, 1.807) is 0 Å². The Morgan fingerprint density at radius 3 is 2.56 bits per heavy atom. The quantitative estimate of drug-likeness (QED) is 0.807. The monoisotopic (exact) mass is 251 g/mol. The van der Waals surface area contributed by atoms with Crippen molar-refractivity contribution in [1.29, 1.82) is 0 Å². The highest BCUT2D eigenvalue weighted by Gasteiger charge is 2.43. The molecule has 2 saturated heterocycles. The van der Waals surface area contributed by atoms with Crippen molar-refractivity contribution in [3.8, 4) is 0 Å². The normalized spacial score (nSPS) is 38.2. The molecule has 0 amide bonds. The van der Waals surface area contributed by atoms with Crippen LogP contribution in [0, 0.1) is 11.8 Å². The zero-order chi connectivity index (χ0) is 12.4. The fourth-order valence-electron chi connectivity index (χ4n) is 4.56. The van der Waals surface area contributed by atoms with E-state index in [4.69, 9.17) is 4.74 Å². The van der Waals surface area contributed by atoms with Gasteiger partial charge in [0.1, 0.15) is 0 Å². The maximum Gasteiger partial charge on any atom is 0.0623 e. The predicted octanol–water partition coefficient (Wildman–Crippen LogP) is 3.50. The predicted molar refractivity (Wildman–Crippen MR) is 74.7 cm³/mol. The van der Waals surface area contributed by atoms with E-state index in [1.165, 1.54) is 64.2 Å². The van der Waals surface area contributed by atoms with Crippen molar-refractivity contribution >= 4 is 0 Å². The lowest BCUT2D eigenvalue weighted by atomic mass is 9.79. The Hall–Kier alpha value is -0.0800. The first-order valence-corrected chi connectivity index (χ1v) is 8.19. The Balaban J connectivity index is 1.47.